The number of ether oxygens (including phenoxy) is 1. The fraction of sp³-hybridized carbons (Fsp3) is 0.650. The minimum atomic E-state index is 0. The van der Waals surface area contributed by atoms with Gasteiger partial charge in [-0.15, -0.1) is 24.0 Å². The summed E-state index contributed by atoms with van der Waals surface area (Å²) in [5.74, 6) is 0.902. The first kappa shape index (κ1) is 23.2. The second kappa shape index (κ2) is 14.2. The lowest BCUT2D eigenvalue weighted by Crippen LogP contribution is -2.37. The van der Waals surface area contributed by atoms with Crippen molar-refractivity contribution in [1.29, 1.82) is 0 Å². The molecule has 0 saturated carbocycles. The standard InChI is InChI=1S/C20H34N4O.HI/c1-3-21-20(22-4-2)23-13-8-16-25-19-11-14-24(15-12-19)17-18-9-6-5-7-10-18;/h5-7,9-10,19H,3-4,8,11-17H2,1-2H3,(H2,21,22,23);1H. The van der Waals surface area contributed by atoms with Crippen LogP contribution in [0.3, 0.4) is 0 Å². The van der Waals surface area contributed by atoms with Crippen LogP contribution >= 0.6 is 24.0 Å². The zero-order chi connectivity index (χ0) is 17.7. The van der Waals surface area contributed by atoms with E-state index >= 15 is 0 Å². The number of aliphatic imine (C=N–C) groups is 1. The van der Waals surface area contributed by atoms with E-state index in [9.17, 15) is 0 Å². The zero-order valence-corrected chi connectivity index (χ0v) is 18.6. The largest absolute Gasteiger partial charge is 0.378 e. The fourth-order valence-electron chi connectivity index (χ4n) is 3.09. The van der Waals surface area contributed by atoms with Gasteiger partial charge in [0.25, 0.3) is 0 Å². The summed E-state index contributed by atoms with van der Waals surface area (Å²) in [5, 5.41) is 6.48. The molecule has 0 unspecified atom stereocenters. The Bertz CT molecular complexity index is 482. The molecule has 26 heavy (non-hydrogen) atoms. The Morgan fingerprint density at radius 3 is 2.38 bits per heavy atom. The van der Waals surface area contributed by atoms with Gasteiger partial charge in [-0.3, -0.25) is 9.89 Å². The number of hydrogen-bond donors (Lipinski definition) is 2. The molecule has 1 aliphatic rings. The molecule has 1 fully saturated rings. The van der Waals surface area contributed by atoms with Gasteiger partial charge in [-0.25, -0.2) is 0 Å². The first-order valence-electron chi connectivity index (χ1n) is 9.71. The molecule has 0 amide bonds. The van der Waals surface area contributed by atoms with Crippen LogP contribution in [0.4, 0.5) is 0 Å². The molecule has 0 spiro atoms. The third-order valence-electron chi connectivity index (χ3n) is 4.40. The van der Waals surface area contributed by atoms with Crippen LogP contribution in [0.1, 0.15) is 38.7 Å². The highest BCUT2D eigenvalue weighted by Gasteiger charge is 2.19. The van der Waals surface area contributed by atoms with Gasteiger partial charge in [0.05, 0.1) is 6.10 Å². The van der Waals surface area contributed by atoms with E-state index in [1.165, 1.54) is 5.56 Å². The van der Waals surface area contributed by atoms with Crippen LogP contribution < -0.4 is 10.6 Å². The van der Waals surface area contributed by atoms with E-state index in [0.29, 0.717) is 6.10 Å². The fourth-order valence-corrected chi connectivity index (χ4v) is 3.09. The number of hydrogen-bond acceptors (Lipinski definition) is 3. The van der Waals surface area contributed by atoms with E-state index < -0.39 is 0 Å². The Hall–Kier alpha value is -0.860. The maximum absolute atomic E-state index is 6.05. The van der Waals surface area contributed by atoms with Crippen molar-refractivity contribution in [1.82, 2.24) is 15.5 Å². The average Bonchev–Trinajstić information content (AvgIpc) is 2.64. The summed E-state index contributed by atoms with van der Waals surface area (Å²) < 4.78 is 6.05. The molecule has 6 heteroatoms. The van der Waals surface area contributed by atoms with Gasteiger partial charge in [0.15, 0.2) is 5.96 Å². The lowest BCUT2D eigenvalue weighted by atomic mass is 10.1. The van der Waals surface area contributed by atoms with Crippen molar-refractivity contribution in [3.63, 3.8) is 0 Å². The molecule has 1 aromatic carbocycles. The number of nitrogens with one attached hydrogen (secondary N) is 2. The number of halogens is 1. The van der Waals surface area contributed by atoms with Gasteiger partial charge in [-0.2, -0.15) is 0 Å². The lowest BCUT2D eigenvalue weighted by Gasteiger charge is -2.31. The van der Waals surface area contributed by atoms with E-state index in [1.807, 2.05) is 0 Å². The molecule has 1 saturated heterocycles. The summed E-state index contributed by atoms with van der Waals surface area (Å²) in [5.41, 5.74) is 1.40. The summed E-state index contributed by atoms with van der Waals surface area (Å²) in [7, 11) is 0. The van der Waals surface area contributed by atoms with Gasteiger partial charge in [0, 0.05) is 45.9 Å². The van der Waals surface area contributed by atoms with Crippen molar-refractivity contribution in [3.05, 3.63) is 35.9 Å². The Balaban J connectivity index is 0.00000338. The number of benzene rings is 1. The SMILES string of the molecule is CCNC(=NCCCOC1CCN(Cc2ccccc2)CC1)NCC.I. The normalized spacial score (nSPS) is 15.2. The predicted octanol–water partition coefficient (Wildman–Crippen LogP) is 3.25. The van der Waals surface area contributed by atoms with Crippen molar-refractivity contribution >= 4 is 29.9 Å². The number of likely N-dealkylation sites (tertiary alicyclic amines) is 1. The highest BCUT2D eigenvalue weighted by Crippen LogP contribution is 2.16. The van der Waals surface area contributed by atoms with Crippen molar-refractivity contribution in [3.8, 4) is 0 Å². The number of guanidine groups is 1. The molecule has 0 aromatic heterocycles. The first-order chi connectivity index (χ1) is 12.3. The quantitative estimate of drug-likeness (QED) is 0.250. The molecular weight excluding hydrogens is 439 g/mol. The minimum Gasteiger partial charge on any atom is -0.378 e. The number of nitrogens with zero attached hydrogens (tertiary/aromatic N) is 2. The third kappa shape index (κ3) is 9.19. The van der Waals surface area contributed by atoms with Crippen molar-refractivity contribution < 1.29 is 4.74 Å². The minimum absolute atomic E-state index is 0. The summed E-state index contributed by atoms with van der Waals surface area (Å²) in [4.78, 5) is 7.08. The van der Waals surface area contributed by atoms with Crippen LogP contribution in [0.2, 0.25) is 0 Å². The Morgan fingerprint density at radius 1 is 1.12 bits per heavy atom. The predicted molar refractivity (Wildman–Crippen MR) is 120 cm³/mol. The van der Waals surface area contributed by atoms with Crippen LogP contribution in [0.5, 0.6) is 0 Å². The molecule has 2 N–H and O–H groups in total. The monoisotopic (exact) mass is 474 g/mol. The first-order valence-corrected chi connectivity index (χ1v) is 9.71. The summed E-state index contributed by atoms with van der Waals surface area (Å²) in [6, 6.07) is 10.7. The molecule has 0 bridgehead atoms. The van der Waals surface area contributed by atoms with Crippen LogP contribution in [0, 0.1) is 0 Å². The summed E-state index contributed by atoms with van der Waals surface area (Å²) in [6.07, 6.45) is 3.66. The van der Waals surface area contributed by atoms with Crippen molar-refractivity contribution in [2.24, 2.45) is 4.99 Å². The van der Waals surface area contributed by atoms with Gasteiger partial charge in [-0.05, 0) is 38.7 Å². The van der Waals surface area contributed by atoms with Crippen LogP contribution in [0.25, 0.3) is 0 Å². The molecular formula is C20H35IN4O. The average molecular weight is 474 g/mol. The van der Waals surface area contributed by atoms with Gasteiger partial charge >= 0.3 is 0 Å². The highest BCUT2D eigenvalue weighted by molar-refractivity contribution is 14.0. The second-order valence-electron chi connectivity index (χ2n) is 6.48. The number of rotatable bonds is 9. The maximum Gasteiger partial charge on any atom is 0.191 e. The second-order valence-corrected chi connectivity index (χ2v) is 6.48. The van der Waals surface area contributed by atoms with Crippen LogP contribution in [-0.2, 0) is 11.3 Å². The Kier molecular flexibility index (Phi) is 12.7. The van der Waals surface area contributed by atoms with E-state index in [1.54, 1.807) is 0 Å². The third-order valence-corrected chi connectivity index (χ3v) is 4.40. The van der Waals surface area contributed by atoms with E-state index in [2.05, 4.69) is 64.7 Å². The zero-order valence-electron chi connectivity index (χ0n) is 16.2. The van der Waals surface area contributed by atoms with E-state index in [0.717, 1.165) is 71.1 Å². The topological polar surface area (TPSA) is 48.9 Å². The molecule has 2 rings (SSSR count). The Morgan fingerprint density at radius 2 is 1.77 bits per heavy atom. The van der Waals surface area contributed by atoms with E-state index in [-0.39, 0.29) is 24.0 Å². The van der Waals surface area contributed by atoms with Crippen molar-refractivity contribution in [2.45, 2.75) is 45.8 Å². The maximum atomic E-state index is 6.05. The molecule has 0 atom stereocenters. The van der Waals surface area contributed by atoms with Crippen LogP contribution in [-0.4, -0.2) is 56.3 Å². The Labute approximate surface area is 176 Å². The summed E-state index contributed by atoms with van der Waals surface area (Å²) >= 11 is 0. The molecule has 1 aromatic rings. The molecule has 5 nitrogen and oxygen atoms in total. The number of piperidine rings is 1. The molecule has 0 aliphatic carbocycles. The molecule has 1 aliphatic heterocycles. The van der Waals surface area contributed by atoms with Gasteiger partial charge in [0.2, 0.25) is 0 Å². The van der Waals surface area contributed by atoms with Crippen LogP contribution in [0.15, 0.2) is 35.3 Å². The van der Waals surface area contributed by atoms with Gasteiger partial charge < -0.3 is 15.4 Å². The molecule has 0 radical (unpaired) electrons. The van der Waals surface area contributed by atoms with Gasteiger partial charge in [0.1, 0.15) is 0 Å². The van der Waals surface area contributed by atoms with Crippen molar-refractivity contribution in [2.75, 3.05) is 39.3 Å². The highest BCUT2D eigenvalue weighted by atomic mass is 127. The lowest BCUT2D eigenvalue weighted by molar-refractivity contribution is 0.00566. The molecule has 1 heterocycles. The van der Waals surface area contributed by atoms with Gasteiger partial charge in [-0.1, -0.05) is 30.3 Å². The molecule has 148 valence electrons. The van der Waals surface area contributed by atoms with E-state index in [4.69, 9.17) is 4.74 Å². The smallest absolute Gasteiger partial charge is 0.191 e. The summed E-state index contributed by atoms with van der Waals surface area (Å²) in [6.45, 7) is 10.9.